The van der Waals surface area contributed by atoms with Crippen LogP contribution in [0, 0.1) is 5.41 Å². The fraction of sp³-hybridized carbons (Fsp3) is 0.600. The number of hydrogen-bond donors (Lipinski definition) is 1. The highest BCUT2D eigenvalue weighted by atomic mass is 15.2. The molecule has 90 valence electrons. The van der Waals surface area contributed by atoms with E-state index in [9.17, 15) is 0 Å². The van der Waals surface area contributed by atoms with Crippen molar-refractivity contribution in [3.63, 3.8) is 0 Å². The van der Waals surface area contributed by atoms with Crippen molar-refractivity contribution in [1.82, 2.24) is 10.2 Å². The van der Waals surface area contributed by atoms with Gasteiger partial charge in [-0.25, -0.2) is 0 Å². The molecule has 1 atom stereocenters. The Balaban J connectivity index is 1.88. The van der Waals surface area contributed by atoms with E-state index in [2.05, 4.69) is 35.5 Å². The van der Waals surface area contributed by atoms with Gasteiger partial charge < -0.3 is 10.2 Å². The summed E-state index contributed by atoms with van der Waals surface area (Å²) in [4.78, 5) is 2.49. The highest BCUT2D eigenvalue weighted by molar-refractivity contribution is 5.50. The highest BCUT2D eigenvalue weighted by Crippen LogP contribution is 2.59. The molecule has 0 aromatic rings. The molecule has 1 unspecified atom stereocenters. The van der Waals surface area contributed by atoms with Gasteiger partial charge >= 0.3 is 0 Å². The van der Waals surface area contributed by atoms with E-state index in [0.717, 1.165) is 13.1 Å². The topological polar surface area (TPSA) is 15.3 Å². The lowest BCUT2D eigenvalue weighted by atomic mass is 9.81. The van der Waals surface area contributed by atoms with E-state index in [0.29, 0.717) is 11.5 Å². The van der Waals surface area contributed by atoms with Crippen LogP contribution >= 0.6 is 0 Å². The van der Waals surface area contributed by atoms with Crippen LogP contribution in [0.5, 0.6) is 0 Å². The van der Waals surface area contributed by atoms with Crippen LogP contribution in [0.25, 0.3) is 0 Å². The Morgan fingerprint density at radius 1 is 1.41 bits per heavy atom. The molecule has 0 bridgehead atoms. The fourth-order valence-corrected chi connectivity index (χ4v) is 3.68. The first-order valence-corrected chi connectivity index (χ1v) is 6.94. The van der Waals surface area contributed by atoms with Crippen LogP contribution in [0.15, 0.2) is 35.2 Å². The van der Waals surface area contributed by atoms with E-state index in [1.807, 2.05) is 0 Å². The maximum Gasteiger partial charge on any atom is 0.0452 e. The third-order valence-corrected chi connectivity index (χ3v) is 4.84. The molecule has 4 rings (SSSR count). The van der Waals surface area contributed by atoms with E-state index in [4.69, 9.17) is 0 Å². The largest absolute Gasteiger partial charge is 0.347 e. The molecule has 2 fully saturated rings. The van der Waals surface area contributed by atoms with Gasteiger partial charge in [-0.1, -0.05) is 12.2 Å². The third kappa shape index (κ3) is 1.30. The average molecular weight is 228 g/mol. The molecule has 1 saturated heterocycles. The molecule has 2 nitrogen and oxygen atoms in total. The summed E-state index contributed by atoms with van der Waals surface area (Å²) in [5.74, 6) is 0. The standard InChI is InChI=1S/C15H20N2/c1-11-12-3-2-4-13-14(12)17(10-8-16-11)9-7-15(13)5-6-15/h3,7,9,11,16H,2,4-6,8,10H2,1H3. The van der Waals surface area contributed by atoms with Crippen molar-refractivity contribution in [3.8, 4) is 0 Å². The van der Waals surface area contributed by atoms with E-state index in [-0.39, 0.29) is 0 Å². The van der Waals surface area contributed by atoms with Crippen LogP contribution in [0.4, 0.5) is 0 Å². The Morgan fingerprint density at radius 2 is 2.29 bits per heavy atom. The summed E-state index contributed by atoms with van der Waals surface area (Å²) in [6.45, 7) is 4.52. The van der Waals surface area contributed by atoms with Gasteiger partial charge in [0.1, 0.15) is 0 Å². The second-order valence-corrected chi connectivity index (χ2v) is 5.87. The van der Waals surface area contributed by atoms with Crippen LogP contribution in [0.1, 0.15) is 32.6 Å². The summed E-state index contributed by atoms with van der Waals surface area (Å²) in [5.41, 5.74) is 5.36. The van der Waals surface area contributed by atoms with Crippen LogP contribution in [-0.2, 0) is 0 Å². The number of allylic oxidation sites excluding steroid dienone is 3. The number of nitrogens with zero attached hydrogens (tertiary/aromatic N) is 1. The zero-order valence-corrected chi connectivity index (χ0v) is 10.5. The van der Waals surface area contributed by atoms with E-state index < -0.39 is 0 Å². The molecule has 17 heavy (non-hydrogen) atoms. The van der Waals surface area contributed by atoms with Gasteiger partial charge in [0.2, 0.25) is 0 Å². The van der Waals surface area contributed by atoms with Crippen molar-refractivity contribution in [1.29, 1.82) is 0 Å². The maximum absolute atomic E-state index is 3.63. The van der Waals surface area contributed by atoms with Gasteiger partial charge in [0.25, 0.3) is 0 Å². The van der Waals surface area contributed by atoms with Crippen LogP contribution in [0.2, 0.25) is 0 Å². The van der Waals surface area contributed by atoms with Crippen molar-refractivity contribution >= 4 is 0 Å². The van der Waals surface area contributed by atoms with E-state index in [1.54, 1.807) is 16.8 Å². The third-order valence-electron chi connectivity index (χ3n) is 4.84. The van der Waals surface area contributed by atoms with Gasteiger partial charge in [-0.15, -0.1) is 0 Å². The minimum absolute atomic E-state index is 0.482. The lowest BCUT2D eigenvalue weighted by Crippen LogP contribution is -2.29. The SMILES string of the molecule is CC1NCCN2C=CC3(CC3)C3=C2C1=CCC3. The average Bonchev–Trinajstić information content (AvgIpc) is 3.13. The molecule has 2 aliphatic heterocycles. The van der Waals surface area contributed by atoms with Crippen molar-refractivity contribution in [2.75, 3.05) is 13.1 Å². The zero-order chi connectivity index (χ0) is 11.5. The molecular weight excluding hydrogens is 208 g/mol. The van der Waals surface area contributed by atoms with Crippen molar-refractivity contribution in [2.24, 2.45) is 5.41 Å². The molecule has 1 spiro atoms. The smallest absolute Gasteiger partial charge is 0.0452 e. The lowest BCUT2D eigenvalue weighted by Gasteiger charge is -2.36. The molecular formula is C15H20N2. The van der Waals surface area contributed by atoms with Gasteiger partial charge in [0.15, 0.2) is 0 Å². The minimum Gasteiger partial charge on any atom is -0.347 e. The van der Waals surface area contributed by atoms with Crippen LogP contribution in [0.3, 0.4) is 0 Å². The summed E-state index contributed by atoms with van der Waals surface area (Å²) in [5, 5.41) is 3.63. The molecule has 1 N–H and O–H groups in total. The first-order chi connectivity index (χ1) is 8.30. The second kappa shape index (κ2) is 3.26. The van der Waals surface area contributed by atoms with Crippen molar-refractivity contribution in [2.45, 2.75) is 38.6 Å². The predicted molar refractivity (Wildman–Crippen MR) is 69.3 cm³/mol. The van der Waals surface area contributed by atoms with E-state index in [1.165, 1.54) is 25.7 Å². The van der Waals surface area contributed by atoms with Crippen LogP contribution < -0.4 is 5.32 Å². The van der Waals surface area contributed by atoms with Gasteiger partial charge in [-0.2, -0.15) is 0 Å². The normalized spacial score (nSPS) is 33.4. The lowest BCUT2D eigenvalue weighted by molar-refractivity contribution is 0.442. The van der Waals surface area contributed by atoms with Gasteiger partial charge in [-0.3, -0.25) is 0 Å². The summed E-state index contributed by atoms with van der Waals surface area (Å²) in [6.07, 6.45) is 12.6. The monoisotopic (exact) mass is 228 g/mol. The van der Waals surface area contributed by atoms with Gasteiger partial charge in [0, 0.05) is 36.4 Å². The van der Waals surface area contributed by atoms with Gasteiger partial charge in [-0.05, 0) is 43.8 Å². The molecule has 0 aromatic carbocycles. The molecule has 2 heterocycles. The molecule has 2 heteroatoms. The summed E-state index contributed by atoms with van der Waals surface area (Å²) in [6, 6.07) is 0.521. The molecule has 0 amide bonds. The number of nitrogens with one attached hydrogen (secondary N) is 1. The summed E-state index contributed by atoms with van der Waals surface area (Å²) >= 11 is 0. The number of hydrogen-bond acceptors (Lipinski definition) is 2. The Kier molecular flexibility index (Phi) is 1.91. The molecule has 1 saturated carbocycles. The molecule has 0 radical (unpaired) electrons. The molecule has 2 aliphatic carbocycles. The second-order valence-electron chi connectivity index (χ2n) is 5.87. The summed E-state index contributed by atoms with van der Waals surface area (Å²) < 4.78 is 0. The van der Waals surface area contributed by atoms with Gasteiger partial charge in [0.05, 0.1) is 0 Å². The Hall–Kier alpha value is -1.02. The first kappa shape index (κ1) is 9.95. The Bertz CT molecular complexity index is 452. The maximum atomic E-state index is 3.63. The Morgan fingerprint density at radius 3 is 3.12 bits per heavy atom. The highest BCUT2D eigenvalue weighted by Gasteiger charge is 2.48. The zero-order valence-electron chi connectivity index (χ0n) is 10.5. The number of rotatable bonds is 0. The van der Waals surface area contributed by atoms with Crippen LogP contribution in [-0.4, -0.2) is 24.0 Å². The minimum atomic E-state index is 0.482. The fourth-order valence-electron chi connectivity index (χ4n) is 3.68. The quantitative estimate of drug-likeness (QED) is 0.685. The first-order valence-electron chi connectivity index (χ1n) is 6.94. The number of fused-ring (bicyclic) bond motifs is 1. The Labute approximate surface area is 103 Å². The predicted octanol–water partition coefficient (Wildman–Crippen LogP) is 2.56. The summed E-state index contributed by atoms with van der Waals surface area (Å²) in [7, 11) is 0. The van der Waals surface area contributed by atoms with Crippen molar-refractivity contribution in [3.05, 3.63) is 35.2 Å². The van der Waals surface area contributed by atoms with E-state index >= 15 is 0 Å². The van der Waals surface area contributed by atoms with Crippen molar-refractivity contribution < 1.29 is 0 Å². The molecule has 4 aliphatic rings. The molecule has 0 aromatic heterocycles.